The molecule has 1 heterocycles. The fraction of sp³-hybridized carbons (Fsp3) is 0. The first-order valence-corrected chi connectivity index (χ1v) is 5.12. The van der Waals surface area contributed by atoms with E-state index in [4.69, 9.17) is 0 Å². The Labute approximate surface area is 86.3 Å². The monoisotopic (exact) mass is 257 g/mol. The van der Waals surface area contributed by atoms with E-state index in [0.29, 0.717) is 9.17 Å². The van der Waals surface area contributed by atoms with Gasteiger partial charge in [0.1, 0.15) is 3.79 Å². The van der Waals surface area contributed by atoms with Gasteiger partial charge in [-0.1, -0.05) is 12.1 Å². The highest BCUT2D eigenvalue weighted by molar-refractivity contribution is 9.11. The van der Waals surface area contributed by atoms with Crippen molar-refractivity contribution in [1.29, 1.82) is 0 Å². The zero-order chi connectivity index (χ0) is 9.42. The summed E-state index contributed by atoms with van der Waals surface area (Å²) in [4.78, 5) is 10.3. The number of nitro groups is 1. The third kappa shape index (κ3) is 1.34. The Hall–Kier alpha value is -0.940. The molecule has 13 heavy (non-hydrogen) atoms. The molecule has 0 amide bonds. The maximum Gasteiger partial charge on any atom is 0.302 e. The standard InChI is InChI=1S/C8H4BrNO2S/c9-8-7(10(11)12)5-3-1-2-4-6(5)13-8/h1-4H. The van der Waals surface area contributed by atoms with Gasteiger partial charge in [0.25, 0.3) is 0 Å². The molecule has 0 aliphatic carbocycles. The highest BCUT2D eigenvalue weighted by Crippen LogP contribution is 2.40. The minimum absolute atomic E-state index is 0.167. The number of rotatable bonds is 1. The quantitative estimate of drug-likeness (QED) is 0.579. The summed E-state index contributed by atoms with van der Waals surface area (Å²) in [5, 5.41) is 11.4. The minimum atomic E-state index is -0.358. The van der Waals surface area contributed by atoms with Gasteiger partial charge in [0.2, 0.25) is 0 Å². The predicted octanol–water partition coefficient (Wildman–Crippen LogP) is 3.57. The van der Waals surface area contributed by atoms with Crippen LogP contribution in [0.1, 0.15) is 0 Å². The normalized spacial score (nSPS) is 10.5. The van der Waals surface area contributed by atoms with E-state index in [9.17, 15) is 10.1 Å². The van der Waals surface area contributed by atoms with Crippen LogP contribution in [0.2, 0.25) is 0 Å². The molecule has 0 bridgehead atoms. The maximum atomic E-state index is 10.7. The van der Waals surface area contributed by atoms with Crippen molar-refractivity contribution < 1.29 is 4.92 Å². The summed E-state index contributed by atoms with van der Waals surface area (Å²) in [6.45, 7) is 0. The van der Waals surface area contributed by atoms with Crippen LogP contribution in [0.25, 0.3) is 10.1 Å². The lowest BCUT2D eigenvalue weighted by Crippen LogP contribution is -1.85. The van der Waals surface area contributed by atoms with Crippen molar-refractivity contribution >= 4 is 43.0 Å². The summed E-state index contributed by atoms with van der Waals surface area (Å²) in [5.41, 5.74) is 0.167. The van der Waals surface area contributed by atoms with Crippen molar-refractivity contribution in [3.8, 4) is 0 Å². The van der Waals surface area contributed by atoms with Crippen LogP contribution in [0, 0.1) is 10.1 Å². The van der Waals surface area contributed by atoms with E-state index >= 15 is 0 Å². The van der Waals surface area contributed by atoms with E-state index < -0.39 is 0 Å². The van der Waals surface area contributed by atoms with Crippen molar-refractivity contribution in [2.45, 2.75) is 0 Å². The fourth-order valence-corrected chi connectivity index (χ4v) is 2.95. The Kier molecular flexibility index (Phi) is 2.05. The van der Waals surface area contributed by atoms with Gasteiger partial charge in [0.05, 0.1) is 10.3 Å². The van der Waals surface area contributed by atoms with Crippen molar-refractivity contribution in [3.63, 3.8) is 0 Å². The van der Waals surface area contributed by atoms with Crippen LogP contribution in [-0.2, 0) is 0 Å². The van der Waals surface area contributed by atoms with E-state index in [-0.39, 0.29) is 10.6 Å². The summed E-state index contributed by atoms with van der Waals surface area (Å²) in [7, 11) is 0. The van der Waals surface area contributed by atoms with Crippen molar-refractivity contribution in [2.75, 3.05) is 0 Å². The Morgan fingerprint density at radius 1 is 1.38 bits per heavy atom. The number of hydrogen-bond acceptors (Lipinski definition) is 3. The lowest BCUT2D eigenvalue weighted by molar-refractivity contribution is -0.383. The number of benzene rings is 1. The van der Waals surface area contributed by atoms with Gasteiger partial charge in [-0.2, -0.15) is 0 Å². The van der Waals surface area contributed by atoms with Gasteiger partial charge in [0.15, 0.2) is 0 Å². The van der Waals surface area contributed by atoms with Gasteiger partial charge in [0, 0.05) is 4.70 Å². The lowest BCUT2D eigenvalue weighted by Gasteiger charge is -1.88. The Bertz CT molecular complexity index is 480. The minimum Gasteiger partial charge on any atom is -0.258 e. The zero-order valence-electron chi connectivity index (χ0n) is 6.36. The molecule has 0 saturated carbocycles. The molecule has 0 fully saturated rings. The molecule has 2 aromatic rings. The number of fused-ring (bicyclic) bond motifs is 1. The molecule has 0 aliphatic rings. The second-order valence-corrected chi connectivity index (χ2v) is 4.85. The highest BCUT2D eigenvalue weighted by atomic mass is 79.9. The van der Waals surface area contributed by atoms with Gasteiger partial charge in [-0.05, 0) is 28.1 Å². The largest absolute Gasteiger partial charge is 0.302 e. The summed E-state index contributed by atoms with van der Waals surface area (Å²) < 4.78 is 1.51. The van der Waals surface area contributed by atoms with Gasteiger partial charge in [-0.15, -0.1) is 11.3 Å². The van der Waals surface area contributed by atoms with Gasteiger partial charge in [-0.3, -0.25) is 10.1 Å². The van der Waals surface area contributed by atoms with Crippen molar-refractivity contribution in [1.82, 2.24) is 0 Å². The number of nitrogens with zero attached hydrogens (tertiary/aromatic N) is 1. The number of hydrogen-bond donors (Lipinski definition) is 0. The highest BCUT2D eigenvalue weighted by Gasteiger charge is 2.19. The van der Waals surface area contributed by atoms with E-state index in [1.54, 1.807) is 12.1 Å². The molecule has 1 aromatic heterocycles. The molecule has 0 radical (unpaired) electrons. The van der Waals surface area contributed by atoms with Crippen LogP contribution in [-0.4, -0.2) is 4.92 Å². The van der Waals surface area contributed by atoms with Crippen LogP contribution in [0.3, 0.4) is 0 Å². The first kappa shape index (κ1) is 8.65. The zero-order valence-corrected chi connectivity index (χ0v) is 8.76. The summed E-state index contributed by atoms with van der Waals surface area (Å²) >= 11 is 4.57. The van der Waals surface area contributed by atoms with E-state index in [1.807, 2.05) is 12.1 Å². The molecule has 1 aromatic carbocycles. The molecule has 0 unspecified atom stereocenters. The van der Waals surface area contributed by atoms with E-state index in [0.717, 1.165) is 4.70 Å². The smallest absolute Gasteiger partial charge is 0.258 e. The Balaban J connectivity index is 2.86. The van der Waals surface area contributed by atoms with E-state index in [2.05, 4.69) is 15.9 Å². The second kappa shape index (κ2) is 3.08. The number of thiophene rings is 1. The summed E-state index contributed by atoms with van der Waals surface area (Å²) in [5.74, 6) is 0. The third-order valence-electron chi connectivity index (χ3n) is 1.71. The first-order valence-electron chi connectivity index (χ1n) is 3.51. The molecule has 0 saturated heterocycles. The number of halogens is 1. The third-order valence-corrected chi connectivity index (χ3v) is 3.52. The Morgan fingerprint density at radius 2 is 2.08 bits per heavy atom. The Morgan fingerprint density at radius 3 is 2.77 bits per heavy atom. The molecule has 0 spiro atoms. The van der Waals surface area contributed by atoms with Crippen LogP contribution in [0.15, 0.2) is 28.1 Å². The molecule has 0 atom stereocenters. The molecule has 66 valence electrons. The average Bonchev–Trinajstić information content (AvgIpc) is 2.39. The van der Waals surface area contributed by atoms with Crippen LogP contribution >= 0.6 is 27.3 Å². The lowest BCUT2D eigenvalue weighted by atomic mass is 10.2. The second-order valence-electron chi connectivity index (χ2n) is 2.48. The van der Waals surface area contributed by atoms with Crippen molar-refractivity contribution in [2.24, 2.45) is 0 Å². The van der Waals surface area contributed by atoms with E-state index in [1.165, 1.54) is 11.3 Å². The molecule has 3 nitrogen and oxygen atoms in total. The first-order chi connectivity index (χ1) is 6.20. The van der Waals surface area contributed by atoms with Gasteiger partial charge >= 0.3 is 5.69 Å². The van der Waals surface area contributed by atoms with Crippen molar-refractivity contribution in [3.05, 3.63) is 38.2 Å². The average molecular weight is 258 g/mol. The summed E-state index contributed by atoms with van der Waals surface area (Å²) in [6, 6.07) is 7.30. The van der Waals surface area contributed by atoms with Crippen LogP contribution in [0.4, 0.5) is 5.69 Å². The predicted molar refractivity (Wildman–Crippen MR) is 56.2 cm³/mol. The maximum absolute atomic E-state index is 10.7. The van der Waals surface area contributed by atoms with Gasteiger partial charge in [-0.25, -0.2) is 0 Å². The molecule has 0 N–H and O–H groups in total. The molecule has 5 heteroatoms. The summed E-state index contributed by atoms with van der Waals surface area (Å²) in [6.07, 6.45) is 0. The SMILES string of the molecule is O=[N+]([O-])c1c(Br)sc2ccccc12. The fourth-order valence-electron chi connectivity index (χ4n) is 1.17. The molecular weight excluding hydrogens is 254 g/mol. The van der Waals surface area contributed by atoms with Crippen LogP contribution < -0.4 is 0 Å². The topological polar surface area (TPSA) is 43.1 Å². The van der Waals surface area contributed by atoms with Crippen LogP contribution in [0.5, 0.6) is 0 Å². The van der Waals surface area contributed by atoms with Gasteiger partial charge < -0.3 is 0 Å². The molecule has 2 rings (SSSR count). The molecule has 0 aliphatic heterocycles. The molecular formula is C8H4BrNO2S.